The molecule has 6 nitrogen and oxygen atoms in total. The molecule has 0 spiro atoms. The minimum Gasteiger partial charge on any atom is -0.497 e. The Morgan fingerprint density at radius 1 is 1.18 bits per heavy atom. The molecule has 3 rings (SSSR count). The zero-order chi connectivity index (χ0) is 20.3. The third-order valence-corrected chi connectivity index (χ3v) is 4.60. The van der Waals surface area contributed by atoms with Crippen molar-refractivity contribution >= 4 is 28.9 Å². The van der Waals surface area contributed by atoms with Crippen molar-refractivity contribution in [3.05, 3.63) is 65.1 Å². The Bertz CT molecular complexity index is 961. The van der Waals surface area contributed by atoms with Crippen molar-refractivity contribution < 1.29 is 18.7 Å². The summed E-state index contributed by atoms with van der Waals surface area (Å²) in [5, 5.41) is 9.04. The molecule has 0 fully saturated rings. The molecule has 1 aliphatic heterocycles. The lowest BCUT2D eigenvalue weighted by Gasteiger charge is -2.31. The summed E-state index contributed by atoms with van der Waals surface area (Å²) in [5.41, 5.74) is 1.69. The van der Waals surface area contributed by atoms with Crippen molar-refractivity contribution in [2.24, 2.45) is 0 Å². The quantitative estimate of drug-likeness (QED) is 0.668. The number of carbonyl (C=O) groups excluding carboxylic acids is 1. The van der Waals surface area contributed by atoms with Crippen LogP contribution in [0.2, 0.25) is 0 Å². The smallest absolute Gasteiger partial charge is 0.255 e. The van der Waals surface area contributed by atoms with E-state index in [-0.39, 0.29) is 5.69 Å². The Balaban J connectivity index is 2.04. The summed E-state index contributed by atoms with van der Waals surface area (Å²) >= 11 is 5.27. The largest absolute Gasteiger partial charge is 0.497 e. The predicted octanol–water partition coefficient (Wildman–Crippen LogP) is 3.27. The van der Waals surface area contributed by atoms with Crippen LogP contribution in [-0.4, -0.2) is 25.2 Å². The van der Waals surface area contributed by atoms with Gasteiger partial charge in [-0.2, -0.15) is 0 Å². The number of amides is 1. The fourth-order valence-electron chi connectivity index (χ4n) is 3.05. The summed E-state index contributed by atoms with van der Waals surface area (Å²) in [7, 11) is 3.10. The van der Waals surface area contributed by atoms with Gasteiger partial charge in [0.15, 0.2) is 5.11 Å². The number of hydrogen-bond acceptors (Lipinski definition) is 4. The normalized spacial score (nSPS) is 16.1. The van der Waals surface area contributed by atoms with Crippen molar-refractivity contribution in [3.63, 3.8) is 0 Å². The zero-order valence-corrected chi connectivity index (χ0v) is 16.4. The van der Waals surface area contributed by atoms with E-state index in [1.165, 1.54) is 12.1 Å². The summed E-state index contributed by atoms with van der Waals surface area (Å²) in [6.45, 7) is 1.74. The van der Waals surface area contributed by atoms with Crippen LogP contribution >= 0.6 is 12.2 Å². The van der Waals surface area contributed by atoms with Gasteiger partial charge in [-0.1, -0.05) is 12.1 Å². The van der Waals surface area contributed by atoms with E-state index in [4.69, 9.17) is 21.7 Å². The van der Waals surface area contributed by atoms with Gasteiger partial charge in [-0.3, -0.25) is 4.79 Å². The van der Waals surface area contributed by atoms with E-state index in [1.54, 1.807) is 51.5 Å². The number of methoxy groups -OCH3 is 2. The Morgan fingerprint density at radius 3 is 2.61 bits per heavy atom. The van der Waals surface area contributed by atoms with Crippen molar-refractivity contribution in [2.45, 2.75) is 13.0 Å². The maximum atomic E-state index is 14.0. The van der Waals surface area contributed by atoms with Gasteiger partial charge >= 0.3 is 0 Å². The summed E-state index contributed by atoms with van der Waals surface area (Å²) in [6, 6.07) is 10.7. The van der Waals surface area contributed by atoms with E-state index in [9.17, 15) is 9.18 Å². The molecule has 0 bridgehead atoms. The van der Waals surface area contributed by atoms with E-state index in [0.29, 0.717) is 33.4 Å². The van der Waals surface area contributed by atoms with Crippen LogP contribution in [0.15, 0.2) is 53.7 Å². The van der Waals surface area contributed by atoms with Crippen LogP contribution in [0.1, 0.15) is 18.5 Å². The number of para-hydroxylation sites is 1. The van der Waals surface area contributed by atoms with Crippen LogP contribution in [0.5, 0.6) is 11.5 Å². The molecule has 0 aliphatic carbocycles. The second-order valence-corrected chi connectivity index (χ2v) is 6.52. The fourth-order valence-corrected chi connectivity index (χ4v) is 3.32. The highest BCUT2D eigenvalue weighted by Gasteiger charge is 2.32. The van der Waals surface area contributed by atoms with E-state index in [2.05, 4.69) is 16.0 Å². The number of hydrogen-bond donors (Lipinski definition) is 3. The van der Waals surface area contributed by atoms with Crippen LogP contribution in [-0.2, 0) is 4.79 Å². The predicted molar refractivity (Wildman–Crippen MR) is 109 cm³/mol. The van der Waals surface area contributed by atoms with E-state index in [0.717, 1.165) is 0 Å². The molecule has 1 atom stereocenters. The molecule has 2 aromatic rings. The molecule has 0 saturated heterocycles. The Morgan fingerprint density at radius 2 is 1.93 bits per heavy atom. The fraction of sp³-hybridized carbons (Fsp3) is 0.200. The SMILES string of the molecule is COc1ccc(OC)c([C@@H]2NC(=S)NC(C)=C2C(=O)Nc2ccccc2F)c1. The maximum absolute atomic E-state index is 14.0. The first-order chi connectivity index (χ1) is 13.4. The first-order valence-corrected chi connectivity index (χ1v) is 8.91. The second-order valence-electron chi connectivity index (χ2n) is 6.11. The number of allylic oxidation sites excluding steroid dienone is 1. The average molecular weight is 401 g/mol. The second kappa shape index (κ2) is 8.26. The molecule has 1 aliphatic rings. The van der Waals surface area contributed by atoms with Crippen molar-refractivity contribution in [1.29, 1.82) is 0 Å². The number of ether oxygens (including phenoxy) is 2. The lowest BCUT2D eigenvalue weighted by atomic mass is 9.94. The van der Waals surface area contributed by atoms with E-state index >= 15 is 0 Å². The number of rotatable bonds is 5. The molecule has 0 unspecified atom stereocenters. The third kappa shape index (κ3) is 3.91. The first kappa shape index (κ1) is 19.6. The lowest BCUT2D eigenvalue weighted by molar-refractivity contribution is -0.113. The molecule has 1 heterocycles. The van der Waals surface area contributed by atoms with Gasteiger partial charge in [0.2, 0.25) is 0 Å². The Kier molecular flexibility index (Phi) is 5.79. The number of thiocarbonyl (C=S) groups is 1. The first-order valence-electron chi connectivity index (χ1n) is 8.50. The molecule has 0 saturated carbocycles. The minimum absolute atomic E-state index is 0.0947. The van der Waals surface area contributed by atoms with E-state index < -0.39 is 17.8 Å². The minimum atomic E-state index is -0.606. The average Bonchev–Trinajstić information content (AvgIpc) is 2.68. The maximum Gasteiger partial charge on any atom is 0.255 e. The molecular weight excluding hydrogens is 381 g/mol. The van der Waals surface area contributed by atoms with Gasteiger partial charge in [0.1, 0.15) is 17.3 Å². The molecule has 8 heteroatoms. The molecule has 2 aromatic carbocycles. The summed E-state index contributed by atoms with van der Waals surface area (Å²) in [5.74, 6) is 0.192. The highest BCUT2D eigenvalue weighted by atomic mass is 32.1. The monoisotopic (exact) mass is 401 g/mol. The Labute approximate surface area is 167 Å². The van der Waals surface area contributed by atoms with Crippen molar-refractivity contribution in [2.75, 3.05) is 19.5 Å². The van der Waals surface area contributed by atoms with Crippen LogP contribution in [0.25, 0.3) is 0 Å². The number of carbonyl (C=O) groups is 1. The van der Waals surface area contributed by atoms with Gasteiger partial charge in [-0.25, -0.2) is 4.39 Å². The van der Waals surface area contributed by atoms with Crippen LogP contribution in [0.3, 0.4) is 0 Å². The highest BCUT2D eigenvalue weighted by Crippen LogP contribution is 2.36. The number of benzene rings is 2. The summed E-state index contributed by atoms with van der Waals surface area (Å²) < 4.78 is 24.8. The highest BCUT2D eigenvalue weighted by molar-refractivity contribution is 7.80. The van der Waals surface area contributed by atoms with Gasteiger partial charge < -0.3 is 25.4 Å². The van der Waals surface area contributed by atoms with Crippen molar-refractivity contribution in [1.82, 2.24) is 10.6 Å². The zero-order valence-electron chi connectivity index (χ0n) is 15.6. The number of halogens is 1. The molecular formula is C20H20FN3O3S. The number of nitrogens with one attached hydrogen (secondary N) is 3. The topological polar surface area (TPSA) is 71.6 Å². The Hall–Kier alpha value is -3.13. The number of anilines is 1. The summed E-state index contributed by atoms with van der Waals surface area (Å²) in [4.78, 5) is 13.0. The lowest BCUT2D eigenvalue weighted by Crippen LogP contribution is -2.45. The summed E-state index contributed by atoms with van der Waals surface area (Å²) in [6.07, 6.45) is 0. The van der Waals surface area contributed by atoms with Crippen LogP contribution < -0.4 is 25.4 Å². The van der Waals surface area contributed by atoms with Gasteiger partial charge in [0.05, 0.1) is 31.5 Å². The molecule has 0 radical (unpaired) electrons. The molecule has 0 aromatic heterocycles. The standard InChI is InChI=1S/C20H20FN3O3S/c1-11-17(19(25)23-15-7-5-4-6-14(15)21)18(24-20(28)22-11)13-10-12(26-2)8-9-16(13)27-3/h4-10,18H,1-3H3,(H,23,25)(H2,22,24,28)/t18-/m0/s1. The van der Waals surface area contributed by atoms with Crippen LogP contribution in [0.4, 0.5) is 10.1 Å². The molecule has 146 valence electrons. The molecule has 1 amide bonds. The molecule has 3 N–H and O–H groups in total. The van der Waals surface area contributed by atoms with Gasteiger partial charge in [-0.15, -0.1) is 0 Å². The third-order valence-electron chi connectivity index (χ3n) is 4.38. The molecule has 28 heavy (non-hydrogen) atoms. The van der Waals surface area contributed by atoms with Gasteiger partial charge in [-0.05, 0) is 49.5 Å². The van der Waals surface area contributed by atoms with Crippen LogP contribution in [0, 0.1) is 5.82 Å². The van der Waals surface area contributed by atoms with Gasteiger partial charge in [0, 0.05) is 11.3 Å². The van der Waals surface area contributed by atoms with E-state index in [1.807, 2.05) is 0 Å². The van der Waals surface area contributed by atoms with Gasteiger partial charge in [0.25, 0.3) is 5.91 Å². The van der Waals surface area contributed by atoms with Crippen molar-refractivity contribution in [3.8, 4) is 11.5 Å².